The fourth-order valence-corrected chi connectivity index (χ4v) is 2.64. The van der Waals surface area contributed by atoms with Crippen LogP contribution in [0.3, 0.4) is 0 Å². The van der Waals surface area contributed by atoms with Gasteiger partial charge in [0, 0.05) is 43.3 Å². The van der Waals surface area contributed by atoms with Crippen molar-refractivity contribution in [1.82, 2.24) is 4.90 Å². The Labute approximate surface area is 126 Å². The summed E-state index contributed by atoms with van der Waals surface area (Å²) in [7, 11) is 0. The Bertz CT molecular complexity index is 474. The lowest BCUT2D eigenvalue weighted by molar-refractivity contribution is -0.133. The van der Waals surface area contributed by atoms with E-state index in [-0.39, 0.29) is 11.3 Å². The Morgan fingerprint density at radius 2 is 1.85 bits per heavy atom. The maximum Gasteiger partial charge on any atom is 0.223 e. The Balaban J connectivity index is 1.91. The third kappa shape index (κ3) is 4.14. The molecule has 0 bridgehead atoms. The number of halogens is 1. The molecule has 0 atom stereocenters. The normalized spacial score (nSPS) is 16.4. The van der Waals surface area contributed by atoms with Gasteiger partial charge in [-0.2, -0.15) is 0 Å². The molecule has 0 radical (unpaired) electrons. The van der Waals surface area contributed by atoms with E-state index in [4.69, 9.17) is 11.6 Å². The molecule has 2 rings (SSSR count). The molecule has 1 aliphatic rings. The summed E-state index contributed by atoms with van der Waals surface area (Å²) in [4.78, 5) is 16.5. The Morgan fingerprint density at radius 1 is 1.20 bits per heavy atom. The highest BCUT2D eigenvalue weighted by Gasteiger charge is 2.24. The van der Waals surface area contributed by atoms with Gasteiger partial charge in [0.15, 0.2) is 0 Å². The molecule has 1 aliphatic heterocycles. The van der Waals surface area contributed by atoms with Crippen LogP contribution in [0.5, 0.6) is 0 Å². The van der Waals surface area contributed by atoms with Crippen molar-refractivity contribution < 1.29 is 4.79 Å². The summed E-state index contributed by atoms with van der Waals surface area (Å²) in [6, 6.07) is 7.90. The van der Waals surface area contributed by atoms with Crippen molar-refractivity contribution in [2.24, 2.45) is 5.41 Å². The minimum absolute atomic E-state index is 0.0567. The highest BCUT2D eigenvalue weighted by molar-refractivity contribution is 6.30. The van der Waals surface area contributed by atoms with Crippen molar-refractivity contribution in [2.75, 3.05) is 31.1 Å². The number of anilines is 1. The Kier molecular flexibility index (Phi) is 4.59. The van der Waals surface area contributed by atoms with E-state index in [2.05, 4.69) is 31.7 Å². The number of piperazine rings is 1. The number of carbonyl (C=O) groups excluding carboxylic acids is 1. The highest BCUT2D eigenvalue weighted by Crippen LogP contribution is 2.23. The highest BCUT2D eigenvalue weighted by atomic mass is 35.5. The molecular formula is C16H23ClN2O. The van der Waals surface area contributed by atoms with Crippen LogP contribution in [0.2, 0.25) is 5.02 Å². The average Bonchev–Trinajstić information content (AvgIpc) is 2.37. The van der Waals surface area contributed by atoms with Gasteiger partial charge in [0.1, 0.15) is 0 Å². The number of hydrogen-bond donors (Lipinski definition) is 0. The van der Waals surface area contributed by atoms with Crippen LogP contribution in [-0.2, 0) is 4.79 Å². The predicted octanol–water partition coefficient (Wildman–Crippen LogP) is 3.42. The first-order chi connectivity index (χ1) is 9.35. The topological polar surface area (TPSA) is 23.6 Å². The average molecular weight is 295 g/mol. The van der Waals surface area contributed by atoms with Gasteiger partial charge in [0.05, 0.1) is 0 Å². The van der Waals surface area contributed by atoms with Gasteiger partial charge in [-0.05, 0) is 23.6 Å². The second-order valence-corrected chi connectivity index (χ2v) is 7.02. The quantitative estimate of drug-likeness (QED) is 0.834. The molecule has 0 saturated carbocycles. The SMILES string of the molecule is CC(C)(C)CC(=O)N1CCN(c2cccc(Cl)c2)CC1. The first kappa shape index (κ1) is 15.2. The summed E-state index contributed by atoms with van der Waals surface area (Å²) >= 11 is 6.02. The van der Waals surface area contributed by atoms with E-state index in [9.17, 15) is 4.79 Å². The third-order valence-electron chi connectivity index (χ3n) is 3.49. The van der Waals surface area contributed by atoms with Gasteiger partial charge in [-0.15, -0.1) is 0 Å². The molecule has 1 fully saturated rings. The number of carbonyl (C=O) groups is 1. The molecule has 20 heavy (non-hydrogen) atoms. The van der Waals surface area contributed by atoms with E-state index in [1.54, 1.807) is 0 Å². The fraction of sp³-hybridized carbons (Fsp3) is 0.562. The summed E-state index contributed by atoms with van der Waals surface area (Å²) < 4.78 is 0. The summed E-state index contributed by atoms with van der Waals surface area (Å²) in [5.74, 6) is 0.267. The van der Waals surface area contributed by atoms with Gasteiger partial charge in [0.25, 0.3) is 0 Å². The molecular weight excluding hydrogens is 272 g/mol. The van der Waals surface area contributed by atoms with Crippen molar-refractivity contribution in [3.05, 3.63) is 29.3 Å². The molecule has 3 nitrogen and oxygen atoms in total. The standard InChI is InChI=1S/C16H23ClN2O/c1-16(2,3)12-15(20)19-9-7-18(8-10-19)14-6-4-5-13(17)11-14/h4-6,11H,7-10,12H2,1-3H3. The predicted molar refractivity (Wildman–Crippen MR) is 84.3 cm³/mol. The number of hydrogen-bond acceptors (Lipinski definition) is 2. The first-order valence-corrected chi connectivity index (χ1v) is 7.51. The smallest absolute Gasteiger partial charge is 0.223 e. The zero-order chi connectivity index (χ0) is 14.8. The van der Waals surface area contributed by atoms with E-state index in [0.717, 1.165) is 36.9 Å². The number of benzene rings is 1. The summed E-state index contributed by atoms with van der Waals surface area (Å²) in [5, 5.41) is 0.758. The summed E-state index contributed by atoms with van der Waals surface area (Å²) in [5.41, 5.74) is 1.20. The maximum atomic E-state index is 12.2. The van der Waals surface area contributed by atoms with Gasteiger partial charge in [-0.3, -0.25) is 4.79 Å². The van der Waals surface area contributed by atoms with Gasteiger partial charge in [-0.1, -0.05) is 38.4 Å². The van der Waals surface area contributed by atoms with Crippen LogP contribution < -0.4 is 4.90 Å². The largest absolute Gasteiger partial charge is 0.368 e. The number of rotatable bonds is 2. The van der Waals surface area contributed by atoms with E-state index in [1.165, 1.54) is 0 Å². The molecule has 1 saturated heterocycles. The van der Waals surface area contributed by atoms with Crippen molar-refractivity contribution >= 4 is 23.2 Å². The van der Waals surface area contributed by atoms with Crippen molar-refractivity contribution in [2.45, 2.75) is 27.2 Å². The zero-order valence-corrected chi connectivity index (χ0v) is 13.3. The lowest BCUT2D eigenvalue weighted by atomic mass is 9.91. The van der Waals surface area contributed by atoms with Gasteiger partial charge < -0.3 is 9.80 Å². The molecule has 0 N–H and O–H groups in total. The zero-order valence-electron chi connectivity index (χ0n) is 12.5. The molecule has 0 unspecified atom stereocenters. The van der Waals surface area contributed by atoms with E-state index in [1.807, 2.05) is 23.1 Å². The van der Waals surface area contributed by atoms with Crippen LogP contribution in [0.1, 0.15) is 27.2 Å². The molecule has 0 aliphatic carbocycles. The van der Waals surface area contributed by atoms with Crippen molar-refractivity contribution in [3.8, 4) is 0 Å². The molecule has 1 amide bonds. The minimum atomic E-state index is 0.0567. The molecule has 1 aromatic carbocycles. The second kappa shape index (κ2) is 6.04. The van der Waals surface area contributed by atoms with E-state index in [0.29, 0.717) is 6.42 Å². The van der Waals surface area contributed by atoms with Gasteiger partial charge in [0.2, 0.25) is 5.91 Å². The van der Waals surface area contributed by atoms with Gasteiger partial charge >= 0.3 is 0 Å². The molecule has 1 aromatic rings. The fourth-order valence-electron chi connectivity index (χ4n) is 2.45. The van der Waals surface area contributed by atoms with Crippen molar-refractivity contribution in [3.63, 3.8) is 0 Å². The maximum absolute atomic E-state index is 12.2. The lowest BCUT2D eigenvalue weighted by Crippen LogP contribution is -2.49. The summed E-state index contributed by atoms with van der Waals surface area (Å²) in [6.07, 6.45) is 0.615. The van der Waals surface area contributed by atoms with Crippen LogP contribution in [0, 0.1) is 5.41 Å². The van der Waals surface area contributed by atoms with Crippen LogP contribution in [-0.4, -0.2) is 37.0 Å². The lowest BCUT2D eigenvalue weighted by Gasteiger charge is -2.37. The van der Waals surface area contributed by atoms with Crippen LogP contribution in [0.15, 0.2) is 24.3 Å². The van der Waals surface area contributed by atoms with Gasteiger partial charge in [-0.25, -0.2) is 0 Å². The third-order valence-corrected chi connectivity index (χ3v) is 3.72. The Hall–Kier alpha value is -1.22. The van der Waals surface area contributed by atoms with E-state index < -0.39 is 0 Å². The molecule has 0 aromatic heterocycles. The van der Waals surface area contributed by atoms with Crippen LogP contribution in [0.25, 0.3) is 0 Å². The first-order valence-electron chi connectivity index (χ1n) is 7.13. The summed E-state index contributed by atoms with van der Waals surface area (Å²) in [6.45, 7) is 9.64. The molecule has 0 spiro atoms. The monoisotopic (exact) mass is 294 g/mol. The number of amides is 1. The Morgan fingerprint density at radius 3 is 2.40 bits per heavy atom. The molecule has 110 valence electrons. The van der Waals surface area contributed by atoms with Crippen molar-refractivity contribution in [1.29, 1.82) is 0 Å². The van der Waals surface area contributed by atoms with Crippen LogP contribution >= 0.6 is 11.6 Å². The molecule has 1 heterocycles. The minimum Gasteiger partial charge on any atom is -0.368 e. The van der Waals surface area contributed by atoms with Crippen LogP contribution in [0.4, 0.5) is 5.69 Å². The molecule has 4 heteroatoms. The second-order valence-electron chi connectivity index (χ2n) is 6.59. The number of nitrogens with zero attached hydrogens (tertiary/aromatic N) is 2. The van der Waals surface area contributed by atoms with E-state index >= 15 is 0 Å².